The van der Waals surface area contributed by atoms with Gasteiger partial charge in [-0.15, -0.1) is 0 Å². The van der Waals surface area contributed by atoms with Crippen LogP contribution in [0.25, 0.3) is 0 Å². The fourth-order valence-electron chi connectivity index (χ4n) is 1.11. The Hall–Kier alpha value is -1.41. The highest BCUT2D eigenvalue weighted by molar-refractivity contribution is 7.99. The SMILES string of the molecule is CCNc1ncc([N+](=O)[O-])c(SCC(C)CO)n1. The average molecular weight is 272 g/mol. The van der Waals surface area contributed by atoms with Crippen molar-refractivity contribution in [1.29, 1.82) is 0 Å². The smallest absolute Gasteiger partial charge is 0.319 e. The summed E-state index contributed by atoms with van der Waals surface area (Å²) in [5.74, 6) is 1.01. The van der Waals surface area contributed by atoms with E-state index in [-0.39, 0.29) is 18.2 Å². The van der Waals surface area contributed by atoms with Gasteiger partial charge in [0.2, 0.25) is 5.95 Å². The summed E-state index contributed by atoms with van der Waals surface area (Å²) >= 11 is 1.26. The van der Waals surface area contributed by atoms with Crippen LogP contribution in [0.5, 0.6) is 0 Å². The molecule has 0 saturated heterocycles. The Morgan fingerprint density at radius 2 is 2.39 bits per heavy atom. The molecule has 0 aromatic carbocycles. The van der Waals surface area contributed by atoms with E-state index < -0.39 is 4.92 Å². The van der Waals surface area contributed by atoms with E-state index in [2.05, 4.69) is 15.3 Å². The molecule has 0 aliphatic rings. The molecule has 0 aliphatic carbocycles. The first kappa shape index (κ1) is 14.7. The maximum Gasteiger partial charge on any atom is 0.319 e. The van der Waals surface area contributed by atoms with Crippen molar-refractivity contribution < 1.29 is 10.0 Å². The Balaban J connectivity index is 2.89. The molecule has 0 bridgehead atoms. The summed E-state index contributed by atoms with van der Waals surface area (Å²) in [7, 11) is 0. The summed E-state index contributed by atoms with van der Waals surface area (Å²) in [5.41, 5.74) is -0.105. The largest absolute Gasteiger partial charge is 0.396 e. The molecule has 1 aromatic rings. The zero-order valence-electron chi connectivity index (χ0n) is 10.3. The number of rotatable bonds is 7. The van der Waals surface area contributed by atoms with E-state index >= 15 is 0 Å². The first-order chi connectivity index (χ1) is 8.58. The zero-order valence-corrected chi connectivity index (χ0v) is 11.1. The summed E-state index contributed by atoms with van der Waals surface area (Å²) in [4.78, 5) is 18.3. The minimum absolute atomic E-state index is 0.0476. The molecule has 1 atom stereocenters. The van der Waals surface area contributed by atoms with Crippen molar-refractivity contribution in [2.24, 2.45) is 5.92 Å². The minimum atomic E-state index is -0.498. The van der Waals surface area contributed by atoms with Gasteiger partial charge in [0.05, 0.1) is 4.92 Å². The lowest BCUT2D eigenvalue weighted by molar-refractivity contribution is -0.388. The Morgan fingerprint density at radius 1 is 1.67 bits per heavy atom. The lowest BCUT2D eigenvalue weighted by Gasteiger charge is -2.08. The van der Waals surface area contributed by atoms with E-state index in [1.165, 1.54) is 18.0 Å². The van der Waals surface area contributed by atoms with E-state index in [0.29, 0.717) is 23.3 Å². The number of aliphatic hydroxyl groups is 1. The van der Waals surface area contributed by atoms with Crippen LogP contribution in [-0.2, 0) is 0 Å². The number of aliphatic hydroxyl groups excluding tert-OH is 1. The van der Waals surface area contributed by atoms with Crippen LogP contribution in [0, 0.1) is 16.0 Å². The predicted octanol–water partition coefficient (Wildman–Crippen LogP) is 1.54. The lowest BCUT2D eigenvalue weighted by Crippen LogP contribution is -2.07. The molecule has 0 radical (unpaired) electrons. The van der Waals surface area contributed by atoms with Crippen LogP contribution in [0.1, 0.15) is 13.8 Å². The van der Waals surface area contributed by atoms with Crippen LogP contribution >= 0.6 is 11.8 Å². The average Bonchev–Trinajstić information content (AvgIpc) is 2.36. The molecule has 100 valence electrons. The number of nitrogens with one attached hydrogen (secondary N) is 1. The number of thioether (sulfide) groups is 1. The molecule has 1 rings (SSSR count). The van der Waals surface area contributed by atoms with Gasteiger partial charge in [0.15, 0.2) is 5.03 Å². The van der Waals surface area contributed by atoms with Crippen molar-refractivity contribution >= 4 is 23.4 Å². The highest BCUT2D eigenvalue weighted by Crippen LogP contribution is 2.28. The highest BCUT2D eigenvalue weighted by atomic mass is 32.2. The second-order valence-corrected chi connectivity index (χ2v) is 4.78. The van der Waals surface area contributed by atoms with Gasteiger partial charge < -0.3 is 10.4 Å². The van der Waals surface area contributed by atoms with Crippen molar-refractivity contribution in [2.45, 2.75) is 18.9 Å². The van der Waals surface area contributed by atoms with E-state index in [1.54, 1.807) is 0 Å². The molecule has 0 fully saturated rings. The highest BCUT2D eigenvalue weighted by Gasteiger charge is 2.18. The molecular weight excluding hydrogens is 256 g/mol. The molecule has 8 heteroatoms. The number of nitrogens with zero attached hydrogens (tertiary/aromatic N) is 3. The Bertz CT molecular complexity index is 416. The van der Waals surface area contributed by atoms with Crippen molar-refractivity contribution in [3.63, 3.8) is 0 Å². The van der Waals surface area contributed by atoms with Crippen LogP contribution in [0.3, 0.4) is 0 Å². The van der Waals surface area contributed by atoms with Crippen molar-refractivity contribution in [2.75, 3.05) is 24.2 Å². The summed E-state index contributed by atoms with van der Waals surface area (Å²) in [6, 6.07) is 0. The summed E-state index contributed by atoms with van der Waals surface area (Å²) in [6.07, 6.45) is 1.21. The monoisotopic (exact) mass is 272 g/mol. The molecule has 1 heterocycles. The van der Waals surface area contributed by atoms with Gasteiger partial charge in [-0.05, 0) is 12.8 Å². The van der Waals surface area contributed by atoms with E-state index in [9.17, 15) is 10.1 Å². The van der Waals surface area contributed by atoms with Crippen molar-refractivity contribution in [3.05, 3.63) is 16.3 Å². The normalized spacial score (nSPS) is 12.2. The van der Waals surface area contributed by atoms with Gasteiger partial charge in [-0.25, -0.2) is 4.98 Å². The van der Waals surface area contributed by atoms with Gasteiger partial charge in [-0.1, -0.05) is 18.7 Å². The Labute approximate surface area is 109 Å². The zero-order chi connectivity index (χ0) is 13.5. The molecule has 0 spiro atoms. The standard InChI is InChI=1S/C10H16N4O3S/c1-3-11-10-12-4-8(14(16)17)9(13-10)18-6-7(2)5-15/h4,7,15H,3,5-6H2,1-2H3,(H,11,12,13). The van der Waals surface area contributed by atoms with E-state index in [0.717, 1.165) is 0 Å². The Morgan fingerprint density at radius 3 is 2.94 bits per heavy atom. The van der Waals surface area contributed by atoms with Gasteiger partial charge in [0, 0.05) is 18.9 Å². The fraction of sp³-hybridized carbons (Fsp3) is 0.600. The topological polar surface area (TPSA) is 101 Å². The third-order valence-corrected chi connectivity index (χ3v) is 3.39. The van der Waals surface area contributed by atoms with Gasteiger partial charge in [-0.2, -0.15) is 4.98 Å². The van der Waals surface area contributed by atoms with Crippen LogP contribution < -0.4 is 5.32 Å². The van der Waals surface area contributed by atoms with Crippen LogP contribution in [-0.4, -0.2) is 38.9 Å². The summed E-state index contributed by atoms with van der Waals surface area (Å²) in [6.45, 7) is 4.46. The number of hydrogen-bond acceptors (Lipinski definition) is 7. The quantitative estimate of drug-likeness (QED) is 0.336. The molecule has 0 saturated carbocycles. The van der Waals surface area contributed by atoms with Gasteiger partial charge in [0.1, 0.15) is 6.20 Å². The fourth-order valence-corrected chi connectivity index (χ4v) is 2.08. The molecule has 1 unspecified atom stereocenters. The lowest BCUT2D eigenvalue weighted by atomic mass is 10.2. The Kier molecular flexibility index (Phi) is 5.79. The second kappa shape index (κ2) is 7.12. The minimum Gasteiger partial charge on any atom is -0.396 e. The number of nitro groups is 1. The number of hydrogen-bond donors (Lipinski definition) is 2. The summed E-state index contributed by atoms with van der Waals surface area (Å²) < 4.78 is 0. The molecule has 7 nitrogen and oxygen atoms in total. The second-order valence-electron chi connectivity index (χ2n) is 3.77. The van der Waals surface area contributed by atoms with Crippen LogP contribution in [0.2, 0.25) is 0 Å². The molecule has 0 aliphatic heterocycles. The van der Waals surface area contributed by atoms with Gasteiger partial charge in [0.25, 0.3) is 0 Å². The maximum absolute atomic E-state index is 10.8. The third-order valence-electron chi connectivity index (χ3n) is 2.08. The molecule has 2 N–H and O–H groups in total. The molecular formula is C10H16N4O3S. The molecule has 18 heavy (non-hydrogen) atoms. The number of aromatic nitrogens is 2. The van der Waals surface area contributed by atoms with Gasteiger partial charge >= 0.3 is 5.69 Å². The van der Waals surface area contributed by atoms with Gasteiger partial charge in [-0.3, -0.25) is 10.1 Å². The first-order valence-corrected chi connectivity index (χ1v) is 6.56. The van der Waals surface area contributed by atoms with Crippen LogP contribution in [0.4, 0.5) is 11.6 Å². The van der Waals surface area contributed by atoms with E-state index in [4.69, 9.17) is 5.11 Å². The number of anilines is 1. The summed E-state index contributed by atoms with van der Waals surface area (Å²) in [5, 5.41) is 23.0. The van der Waals surface area contributed by atoms with Crippen molar-refractivity contribution in [1.82, 2.24) is 9.97 Å². The molecule has 0 amide bonds. The van der Waals surface area contributed by atoms with Crippen molar-refractivity contribution in [3.8, 4) is 0 Å². The predicted molar refractivity (Wildman–Crippen MR) is 69.8 cm³/mol. The van der Waals surface area contributed by atoms with E-state index in [1.807, 2.05) is 13.8 Å². The van der Waals surface area contributed by atoms with Crippen LogP contribution in [0.15, 0.2) is 11.2 Å². The maximum atomic E-state index is 10.8. The molecule has 1 aromatic heterocycles. The first-order valence-electron chi connectivity index (χ1n) is 5.57. The third kappa shape index (κ3) is 4.11.